The highest BCUT2D eigenvalue weighted by atomic mass is 16.5. The van der Waals surface area contributed by atoms with Crippen molar-refractivity contribution < 1.29 is 4.52 Å². The zero-order valence-corrected chi connectivity index (χ0v) is 12.2. The molecule has 4 rings (SSSR count). The monoisotopic (exact) mass is 283 g/mol. The molecule has 0 spiro atoms. The third kappa shape index (κ3) is 2.74. The minimum absolute atomic E-state index is 0.819. The first-order valence-corrected chi connectivity index (χ1v) is 7.82. The van der Waals surface area contributed by atoms with Crippen LogP contribution in [0.25, 0.3) is 11.3 Å². The van der Waals surface area contributed by atoms with Crippen molar-refractivity contribution in [1.82, 2.24) is 15.4 Å². The van der Waals surface area contributed by atoms with Gasteiger partial charge in [0.15, 0.2) is 5.76 Å². The fourth-order valence-corrected chi connectivity index (χ4v) is 3.61. The van der Waals surface area contributed by atoms with Gasteiger partial charge in [-0.05, 0) is 37.9 Å². The summed E-state index contributed by atoms with van der Waals surface area (Å²) in [4.78, 5) is 2.51. The molecule has 2 aliphatic heterocycles. The molecule has 2 unspecified atom stereocenters. The minimum Gasteiger partial charge on any atom is -0.356 e. The Hall–Kier alpha value is -1.65. The van der Waals surface area contributed by atoms with Crippen LogP contribution in [0.1, 0.15) is 12.1 Å². The summed E-state index contributed by atoms with van der Waals surface area (Å²) in [6.45, 7) is 5.65. The zero-order valence-electron chi connectivity index (χ0n) is 12.2. The molecule has 4 heteroatoms. The number of nitrogens with one attached hydrogen (secondary N) is 1. The SMILES string of the molecule is c1ccc(-c2cc(CN3CCC4CNCC4C3)no2)cc1. The van der Waals surface area contributed by atoms with Gasteiger partial charge >= 0.3 is 0 Å². The number of fused-ring (bicyclic) bond motifs is 1. The number of aromatic nitrogens is 1. The van der Waals surface area contributed by atoms with Gasteiger partial charge in [-0.15, -0.1) is 0 Å². The van der Waals surface area contributed by atoms with Crippen molar-refractivity contribution >= 4 is 0 Å². The van der Waals surface area contributed by atoms with E-state index in [9.17, 15) is 0 Å². The van der Waals surface area contributed by atoms with Crippen LogP contribution in [-0.2, 0) is 6.54 Å². The van der Waals surface area contributed by atoms with E-state index in [1.54, 1.807) is 0 Å². The average molecular weight is 283 g/mol. The highest BCUT2D eigenvalue weighted by Crippen LogP contribution is 2.28. The van der Waals surface area contributed by atoms with Gasteiger partial charge in [-0.25, -0.2) is 0 Å². The number of hydrogen-bond donors (Lipinski definition) is 1. The van der Waals surface area contributed by atoms with Crippen molar-refractivity contribution in [1.29, 1.82) is 0 Å². The standard InChI is InChI=1S/C17H21N3O/c1-2-4-13(5-3-1)17-8-16(19-21-17)12-20-7-6-14-9-18-10-15(14)11-20/h1-5,8,14-15,18H,6-7,9-12H2. The van der Waals surface area contributed by atoms with E-state index >= 15 is 0 Å². The molecule has 2 saturated heterocycles. The quantitative estimate of drug-likeness (QED) is 0.939. The third-order valence-electron chi connectivity index (χ3n) is 4.79. The largest absolute Gasteiger partial charge is 0.356 e. The van der Waals surface area contributed by atoms with Gasteiger partial charge in [0.2, 0.25) is 0 Å². The van der Waals surface area contributed by atoms with E-state index in [-0.39, 0.29) is 0 Å². The predicted octanol–water partition coefficient (Wildman–Crippen LogP) is 2.38. The Morgan fingerprint density at radius 3 is 2.95 bits per heavy atom. The van der Waals surface area contributed by atoms with Gasteiger partial charge in [-0.1, -0.05) is 35.5 Å². The molecule has 0 radical (unpaired) electrons. The van der Waals surface area contributed by atoms with Gasteiger partial charge in [-0.3, -0.25) is 4.90 Å². The van der Waals surface area contributed by atoms with Crippen LogP contribution >= 0.6 is 0 Å². The second-order valence-electron chi connectivity index (χ2n) is 6.25. The summed E-state index contributed by atoms with van der Waals surface area (Å²) in [5.41, 5.74) is 2.13. The summed E-state index contributed by atoms with van der Waals surface area (Å²) < 4.78 is 5.49. The molecule has 1 aromatic carbocycles. The molecule has 0 amide bonds. The molecule has 4 nitrogen and oxygen atoms in total. The van der Waals surface area contributed by atoms with Gasteiger partial charge in [0.05, 0.1) is 5.69 Å². The minimum atomic E-state index is 0.819. The smallest absolute Gasteiger partial charge is 0.167 e. The Bertz CT molecular complexity index is 595. The molecule has 3 heterocycles. The summed E-state index contributed by atoms with van der Waals surface area (Å²) in [6.07, 6.45) is 1.31. The van der Waals surface area contributed by atoms with Gasteiger partial charge < -0.3 is 9.84 Å². The maximum absolute atomic E-state index is 5.49. The second kappa shape index (κ2) is 5.62. The van der Waals surface area contributed by atoms with Crippen LogP contribution in [0, 0.1) is 11.8 Å². The summed E-state index contributed by atoms with van der Waals surface area (Å²) >= 11 is 0. The number of likely N-dealkylation sites (tertiary alicyclic amines) is 1. The first-order chi connectivity index (χ1) is 10.4. The van der Waals surface area contributed by atoms with Crippen molar-refractivity contribution in [3.05, 3.63) is 42.1 Å². The van der Waals surface area contributed by atoms with Crippen LogP contribution in [0.15, 0.2) is 40.9 Å². The van der Waals surface area contributed by atoms with E-state index < -0.39 is 0 Å². The first kappa shape index (κ1) is 13.0. The molecule has 0 aliphatic carbocycles. The number of piperidine rings is 1. The molecule has 21 heavy (non-hydrogen) atoms. The lowest BCUT2D eigenvalue weighted by molar-refractivity contribution is 0.139. The number of hydrogen-bond acceptors (Lipinski definition) is 4. The maximum Gasteiger partial charge on any atom is 0.167 e. The highest BCUT2D eigenvalue weighted by molar-refractivity contribution is 5.56. The normalized spacial score (nSPS) is 25.9. The van der Waals surface area contributed by atoms with Crippen molar-refractivity contribution in [3.8, 4) is 11.3 Å². The van der Waals surface area contributed by atoms with Crippen molar-refractivity contribution in [2.75, 3.05) is 26.2 Å². The number of rotatable bonds is 3. The first-order valence-electron chi connectivity index (χ1n) is 7.82. The molecule has 1 N–H and O–H groups in total. The van der Waals surface area contributed by atoms with Crippen LogP contribution in [0.3, 0.4) is 0 Å². The molecule has 2 fully saturated rings. The molecule has 110 valence electrons. The van der Waals surface area contributed by atoms with E-state index in [4.69, 9.17) is 4.52 Å². The van der Waals surface area contributed by atoms with Crippen LogP contribution in [0.2, 0.25) is 0 Å². The summed E-state index contributed by atoms with van der Waals surface area (Å²) in [6, 6.07) is 12.2. The molecule has 2 atom stereocenters. The van der Waals surface area contributed by atoms with Crippen molar-refractivity contribution in [2.45, 2.75) is 13.0 Å². The van der Waals surface area contributed by atoms with Gasteiger partial charge in [0.25, 0.3) is 0 Å². The molecule has 2 aromatic rings. The Balaban J connectivity index is 1.42. The van der Waals surface area contributed by atoms with E-state index in [1.165, 1.54) is 32.6 Å². The Morgan fingerprint density at radius 2 is 2.05 bits per heavy atom. The second-order valence-corrected chi connectivity index (χ2v) is 6.25. The highest BCUT2D eigenvalue weighted by Gasteiger charge is 2.32. The number of benzene rings is 1. The van der Waals surface area contributed by atoms with Crippen molar-refractivity contribution in [2.24, 2.45) is 11.8 Å². The topological polar surface area (TPSA) is 41.3 Å². The Morgan fingerprint density at radius 1 is 1.19 bits per heavy atom. The summed E-state index contributed by atoms with van der Waals surface area (Å²) in [5, 5.41) is 7.75. The Labute approximate surface area is 125 Å². The lowest BCUT2D eigenvalue weighted by Crippen LogP contribution is -2.39. The zero-order chi connectivity index (χ0) is 14.1. The van der Waals surface area contributed by atoms with E-state index in [0.29, 0.717) is 0 Å². The maximum atomic E-state index is 5.49. The fraction of sp³-hybridized carbons (Fsp3) is 0.471. The molecular weight excluding hydrogens is 262 g/mol. The third-order valence-corrected chi connectivity index (χ3v) is 4.79. The van der Waals surface area contributed by atoms with Crippen LogP contribution in [0.5, 0.6) is 0 Å². The molecule has 1 aromatic heterocycles. The van der Waals surface area contributed by atoms with Crippen LogP contribution in [-0.4, -0.2) is 36.2 Å². The molecule has 2 aliphatic rings. The summed E-state index contributed by atoms with van der Waals surface area (Å²) in [7, 11) is 0. The van der Waals surface area contributed by atoms with Gasteiger partial charge in [-0.2, -0.15) is 0 Å². The summed E-state index contributed by atoms with van der Waals surface area (Å²) in [5.74, 6) is 2.57. The average Bonchev–Trinajstić information content (AvgIpc) is 3.17. The lowest BCUT2D eigenvalue weighted by atomic mass is 9.89. The molecule has 0 saturated carbocycles. The van der Waals surface area contributed by atoms with Crippen molar-refractivity contribution in [3.63, 3.8) is 0 Å². The van der Waals surface area contributed by atoms with Crippen LogP contribution in [0.4, 0.5) is 0 Å². The van der Waals surface area contributed by atoms with E-state index in [1.807, 2.05) is 18.2 Å². The van der Waals surface area contributed by atoms with E-state index in [0.717, 1.165) is 35.4 Å². The Kier molecular flexibility index (Phi) is 3.49. The molecule has 0 bridgehead atoms. The van der Waals surface area contributed by atoms with E-state index in [2.05, 4.69) is 33.6 Å². The fourth-order valence-electron chi connectivity index (χ4n) is 3.61. The van der Waals surface area contributed by atoms with Gasteiger partial charge in [0, 0.05) is 24.7 Å². The molecular formula is C17H21N3O. The lowest BCUT2D eigenvalue weighted by Gasteiger charge is -2.33. The number of nitrogens with zero attached hydrogens (tertiary/aromatic N) is 2. The van der Waals surface area contributed by atoms with Gasteiger partial charge in [0.1, 0.15) is 0 Å². The predicted molar refractivity (Wildman–Crippen MR) is 81.7 cm³/mol. The van der Waals surface area contributed by atoms with Crippen LogP contribution < -0.4 is 5.32 Å².